The van der Waals surface area contributed by atoms with Crippen LogP contribution in [0.4, 0.5) is 0 Å². The van der Waals surface area contributed by atoms with E-state index in [-0.39, 0.29) is 11.8 Å². The minimum atomic E-state index is -0.102. The van der Waals surface area contributed by atoms with Crippen molar-refractivity contribution in [3.63, 3.8) is 0 Å². The Bertz CT molecular complexity index is 626. The summed E-state index contributed by atoms with van der Waals surface area (Å²) in [6.07, 6.45) is 6.88. The Morgan fingerprint density at radius 2 is 1.70 bits per heavy atom. The van der Waals surface area contributed by atoms with Crippen molar-refractivity contribution in [2.75, 3.05) is 26.2 Å². The number of amides is 2. The Kier molecular flexibility index (Phi) is 4.80. The smallest absolute Gasteiger partial charge is 0.289 e. The third kappa shape index (κ3) is 3.83. The predicted molar refractivity (Wildman–Crippen MR) is 84.9 cm³/mol. The molecular weight excluding hydrogens is 294 g/mol. The van der Waals surface area contributed by atoms with Gasteiger partial charge in [-0.2, -0.15) is 0 Å². The standard InChI is InChI=1S/C17H21N3O3/c21-16(6-3-9-18-7-1-2-8-18)19-10-12-20(13-11-19)17(22)15-5-4-14-23-15/h1-2,4-5,7-8,14H,3,6,9-13H2. The van der Waals surface area contributed by atoms with Gasteiger partial charge in [0.25, 0.3) is 5.91 Å². The lowest BCUT2D eigenvalue weighted by atomic mass is 10.2. The summed E-state index contributed by atoms with van der Waals surface area (Å²) in [5, 5.41) is 0. The van der Waals surface area contributed by atoms with Crippen LogP contribution in [0.15, 0.2) is 47.3 Å². The second-order valence-corrected chi connectivity index (χ2v) is 5.67. The van der Waals surface area contributed by atoms with Gasteiger partial charge in [0, 0.05) is 51.5 Å². The van der Waals surface area contributed by atoms with Gasteiger partial charge in [0.05, 0.1) is 6.26 Å². The number of nitrogens with zero attached hydrogens (tertiary/aromatic N) is 3. The van der Waals surface area contributed by atoms with Gasteiger partial charge in [0.15, 0.2) is 5.76 Å². The molecule has 3 rings (SSSR count). The molecule has 2 aromatic heterocycles. The molecule has 2 amide bonds. The fourth-order valence-corrected chi connectivity index (χ4v) is 2.81. The van der Waals surface area contributed by atoms with E-state index in [0.717, 1.165) is 13.0 Å². The molecule has 0 N–H and O–H groups in total. The van der Waals surface area contributed by atoms with Crippen molar-refractivity contribution in [3.8, 4) is 0 Å². The van der Waals surface area contributed by atoms with Crippen LogP contribution in [0.3, 0.4) is 0 Å². The highest BCUT2D eigenvalue weighted by Crippen LogP contribution is 2.11. The molecule has 0 radical (unpaired) electrons. The van der Waals surface area contributed by atoms with Gasteiger partial charge in [0.1, 0.15) is 0 Å². The molecule has 6 heteroatoms. The first-order valence-corrected chi connectivity index (χ1v) is 7.95. The molecule has 0 atom stereocenters. The first-order chi connectivity index (χ1) is 11.2. The largest absolute Gasteiger partial charge is 0.459 e. The highest BCUT2D eigenvalue weighted by atomic mass is 16.3. The van der Waals surface area contributed by atoms with E-state index in [9.17, 15) is 9.59 Å². The molecule has 23 heavy (non-hydrogen) atoms. The number of aryl methyl sites for hydroxylation is 1. The summed E-state index contributed by atoms with van der Waals surface area (Å²) < 4.78 is 7.21. The second kappa shape index (κ2) is 7.17. The fourth-order valence-electron chi connectivity index (χ4n) is 2.81. The summed E-state index contributed by atoms with van der Waals surface area (Å²) >= 11 is 0. The molecule has 122 valence electrons. The van der Waals surface area contributed by atoms with Gasteiger partial charge < -0.3 is 18.8 Å². The van der Waals surface area contributed by atoms with Crippen molar-refractivity contribution in [2.24, 2.45) is 0 Å². The lowest BCUT2D eigenvalue weighted by Gasteiger charge is -2.34. The predicted octanol–water partition coefficient (Wildman–Crippen LogP) is 1.85. The maximum absolute atomic E-state index is 12.2. The Balaban J connectivity index is 1.41. The topological polar surface area (TPSA) is 58.7 Å². The van der Waals surface area contributed by atoms with Crippen LogP contribution < -0.4 is 0 Å². The van der Waals surface area contributed by atoms with Crippen molar-refractivity contribution in [2.45, 2.75) is 19.4 Å². The number of aromatic nitrogens is 1. The molecular formula is C17H21N3O3. The monoisotopic (exact) mass is 315 g/mol. The Morgan fingerprint density at radius 3 is 2.35 bits per heavy atom. The highest BCUT2D eigenvalue weighted by Gasteiger charge is 2.25. The van der Waals surface area contributed by atoms with Crippen molar-refractivity contribution in [1.29, 1.82) is 0 Å². The van der Waals surface area contributed by atoms with E-state index in [2.05, 4.69) is 4.57 Å². The number of rotatable bonds is 5. The zero-order valence-corrected chi connectivity index (χ0v) is 13.1. The molecule has 0 spiro atoms. The summed E-state index contributed by atoms with van der Waals surface area (Å²) in [5.41, 5.74) is 0. The number of furan rings is 1. The van der Waals surface area contributed by atoms with E-state index in [0.29, 0.717) is 38.4 Å². The van der Waals surface area contributed by atoms with E-state index in [4.69, 9.17) is 4.42 Å². The lowest BCUT2D eigenvalue weighted by molar-refractivity contribution is -0.132. The minimum Gasteiger partial charge on any atom is -0.459 e. The molecule has 6 nitrogen and oxygen atoms in total. The maximum atomic E-state index is 12.2. The van der Waals surface area contributed by atoms with Gasteiger partial charge in [-0.1, -0.05) is 0 Å². The molecule has 2 aromatic rings. The van der Waals surface area contributed by atoms with E-state index in [1.165, 1.54) is 6.26 Å². The van der Waals surface area contributed by atoms with Crippen LogP contribution in [0.5, 0.6) is 0 Å². The van der Waals surface area contributed by atoms with Gasteiger partial charge in [-0.3, -0.25) is 9.59 Å². The summed E-state index contributed by atoms with van der Waals surface area (Å²) in [5.74, 6) is 0.424. The molecule has 0 bridgehead atoms. The number of hydrogen-bond acceptors (Lipinski definition) is 3. The molecule has 0 saturated carbocycles. The van der Waals surface area contributed by atoms with E-state index < -0.39 is 0 Å². The lowest BCUT2D eigenvalue weighted by Crippen LogP contribution is -2.50. The summed E-state index contributed by atoms with van der Waals surface area (Å²) in [6.45, 7) is 3.16. The van der Waals surface area contributed by atoms with Gasteiger partial charge >= 0.3 is 0 Å². The molecule has 1 fully saturated rings. The number of carbonyl (C=O) groups excluding carboxylic acids is 2. The first kappa shape index (κ1) is 15.4. The van der Waals surface area contributed by atoms with Gasteiger partial charge in [-0.15, -0.1) is 0 Å². The Labute approximate surface area is 135 Å². The zero-order chi connectivity index (χ0) is 16.1. The summed E-state index contributed by atoms with van der Waals surface area (Å²) in [4.78, 5) is 28.0. The van der Waals surface area contributed by atoms with Crippen molar-refractivity contribution in [1.82, 2.24) is 14.4 Å². The molecule has 0 aromatic carbocycles. The van der Waals surface area contributed by atoms with Gasteiger partial charge in [0.2, 0.25) is 5.91 Å². The van der Waals surface area contributed by atoms with Crippen LogP contribution in [0.1, 0.15) is 23.4 Å². The maximum Gasteiger partial charge on any atom is 0.289 e. The molecule has 1 aliphatic rings. The molecule has 0 unspecified atom stereocenters. The quantitative estimate of drug-likeness (QED) is 0.846. The molecule has 3 heterocycles. The average molecular weight is 315 g/mol. The van der Waals surface area contributed by atoms with Gasteiger partial charge in [-0.25, -0.2) is 0 Å². The van der Waals surface area contributed by atoms with Crippen molar-refractivity contribution in [3.05, 3.63) is 48.7 Å². The van der Waals surface area contributed by atoms with Crippen LogP contribution in [-0.4, -0.2) is 52.4 Å². The zero-order valence-electron chi connectivity index (χ0n) is 13.1. The van der Waals surface area contributed by atoms with Crippen LogP contribution in [0.25, 0.3) is 0 Å². The fraction of sp³-hybridized carbons (Fsp3) is 0.412. The van der Waals surface area contributed by atoms with Crippen LogP contribution in [-0.2, 0) is 11.3 Å². The first-order valence-electron chi connectivity index (χ1n) is 7.95. The molecule has 0 aliphatic carbocycles. The third-order valence-corrected chi connectivity index (χ3v) is 4.12. The van der Waals surface area contributed by atoms with Gasteiger partial charge in [-0.05, 0) is 30.7 Å². The minimum absolute atomic E-state index is 0.102. The third-order valence-electron chi connectivity index (χ3n) is 4.12. The number of carbonyl (C=O) groups is 2. The van der Waals surface area contributed by atoms with Crippen LogP contribution in [0, 0.1) is 0 Å². The van der Waals surface area contributed by atoms with E-state index in [1.54, 1.807) is 17.0 Å². The Morgan fingerprint density at radius 1 is 1.00 bits per heavy atom. The highest BCUT2D eigenvalue weighted by molar-refractivity contribution is 5.91. The average Bonchev–Trinajstić information content (AvgIpc) is 3.28. The Hall–Kier alpha value is -2.50. The van der Waals surface area contributed by atoms with Crippen molar-refractivity contribution < 1.29 is 14.0 Å². The number of hydrogen-bond donors (Lipinski definition) is 0. The summed E-state index contributed by atoms with van der Waals surface area (Å²) in [6, 6.07) is 7.34. The van der Waals surface area contributed by atoms with E-state index in [1.807, 2.05) is 29.4 Å². The molecule has 1 saturated heterocycles. The SMILES string of the molecule is O=C(CCCn1cccc1)N1CCN(C(=O)c2ccco2)CC1. The normalized spacial score (nSPS) is 15.0. The van der Waals surface area contributed by atoms with Crippen LogP contribution >= 0.6 is 0 Å². The van der Waals surface area contributed by atoms with Crippen molar-refractivity contribution >= 4 is 11.8 Å². The van der Waals surface area contributed by atoms with Crippen LogP contribution in [0.2, 0.25) is 0 Å². The number of piperazine rings is 1. The van der Waals surface area contributed by atoms with E-state index >= 15 is 0 Å². The molecule has 1 aliphatic heterocycles. The second-order valence-electron chi connectivity index (χ2n) is 5.67. The summed E-state index contributed by atoms with van der Waals surface area (Å²) in [7, 11) is 0.